The third-order valence-corrected chi connectivity index (χ3v) is 5.33. The lowest BCUT2D eigenvalue weighted by molar-refractivity contribution is 0.628. The van der Waals surface area contributed by atoms with Gasteiger partial charge in [0, 0.05) is 46.3 Å². The molecule has 0 aliphatic carbocycles. The van der Waals surface area contributed by atoms with Crippen LogP contribution in [-0.4, -0.2) is 21.5 Å². The fourth-order valence-electron chi connectivity index (χ4n) is 3.11. The molecule has 0 spiro atoms. The Morgan fingerprint density at radius 3 is 2.27 bits per heavy atom. The Kier molecular flexibility index (Phi) is 6.21. The van der Waals surface area contributed by atoms with Crippen molar-refractivity contribution >= 4 is 29.2 Å². The van der Waals surface area contributed by atoms with Crippen molar-refractivity contribution in [1.82, 2.24) is 15.0 Å². The maximum atomic E-state index is 13.4. The van der Waals surface area contributed by atoms with Crippen molar-refractivity contribution in [1.29, 1.82) is 0 Å². The van der Waals surface area contributed by atoms with E-state index >= 15 is 0 Å². The molecule has 0 fully saturated rings. The summed E-state index contributed by atoms with van der Waals surface area (Å²) >= 11 is 12.5. The third kappa shape index (κ3) is 4.58. The zero-order valence-corrected chi connectivity index (χ0v) is 17.3. The first-order valence-electron chi connectivity index (χ1n) is 9.32. The second-order valence-corrected chi connectivity index (χ2v) is 7.39. The van der Waals surface area contributed by atoms with E-state index in [0.717, 1.165) is 27.9 Å². The van der Waals surface area contributed by atoms with Gasteiger partial charge in [-0.1, -0.05) is 41.4 Å². The molecule has 0 saturated heterocycles. The molecule has 0 amide bonds. The molecule has 2 aromatic carbocycles. The van der Waals surface area contributed by atoms with Gasteiger partial charge >= 0.3 is 0 Å². The van der Waals surface area contributed by atoms with E-state index in [1.165, 1.54) is 12.1 Å². The molecule has 0 radical (unpaired) electrons. The number of aromatic nitrogens is 3. The first-order valence-corrected chi connectivity index (χ1v) is 10.1. The van der Waals surface area contributed by atoms with E-state index in [-0.39, 0.29) is 5.82 Å². The lowest BCUT2D eigenvalue weighted by Crippen LogP contribution is -2.09. The minimum absolute atomic E-state index is 0.290. The molecule has 4 rings (SSSR count). The normalized spacial score (nSPS) is 10.8. The summed E-state index contributed by atoms with van der Waals surface area (Å²) in [6.45, 7) is 0.565. The SMILES string of the molecule is Fc1ccc(-c2cnc(NCCc3c(Cl)cccc3Cl)nc2-c2ccncc2)cc1. The predicted octanol–water partition coefficient (Wildman–Crippen LogP) is 6.31. The molecule has 1 N–H and O–H groups in total. The average molecular weight is 439 g/mol. The maximum Gasteiger partial charge on any atom is 0.223 e. The van der Waals surface area contributed by atoms with Crippen molar-refractivity contribution in [3.63, 3.8) is 0 Å². The average Bonchev–Trinajstić information content (AvgIpc) is 2.77. The second-order valence-electron chi connectivity index (χ2n) is 6.58. The molecular formula is C23H17Cl2FN4. The highest BCUT2D eigenvalue weighted by Gasteiger charge is 2.12. The second kappa shape index (κ2) is 9.20. The fraction of sp³-hybridized carbons (Fsp3) is 0.0870. The Morgan fingerprint density at radius 2 is 1.57 bits per heavy atom. The summed E-state index contributed by atoms with van der Waals surface area (Å²) in [5.41, 5.74) is 4.14. The molecule has 0 aliphatic rings. The number of anilines is 1. The van der Waals surface area contributed by atoms with Crippen molar-refractivity contribution in [3.8, 4) is 22.4 Å². The summed E-state index contributed by atoms with van der Waals surface area (Å²) in [6.07, 6.45) is 5.78. The molecule has 2 heterocycles. The lowest BCUT2D eigenvalue weighted by Gasteiger charge is -2.12. The standard InChI is InChI=1S/C23H17Cl2FN4/c24-20-2-1-3-21(25)18(20)10-13-28-23-29-14-19(15-4-6-17(26)7-5-15)22(30-23)16-8-11-27-12-9-16/h1-9,11-12,14H,10,13H2,(H,28,29,30). The highest BCUT2D eigenvalue weighted by atomic mass is 35.5. The first-order chi connectivity index (χ1) is 14.6. The minimum atomic E-state index is -0.290. The highest BCUT2D eigenvalue weighted by Crippen LogP contribution is 2.31. The number of nitrogens with one attached hydrogen (secondary N) is 1. The minimum Gasteiger partial charge on any atom is -0.354 e. The zero-order valence-electron chi connectivity index (χ0n) is 15.8. The van der Waals surface area contributed by atoms with Crippen LogP contribution in [0, 0.1) is 5.82 Å². The number of halogens is 3. The van der Waals surface area contributed by atoms with Gasteiger partial charge in [-0.2, -0.15) is 0 Å². The van der Waals surface area contributed by atoms with Crippen LogP contribution in [0.2, 0.25) is 10.0 Å². The van der Waals surface area contributed by atoms with Crippen LogP contribution in [0.5, 0.6) is 0 Å². The Morgan fingerprint density at radius 1 is 0.867 bits per heavy atom. The largest absolute Gasteiger partial charge is 0.354 e. The zero-order chi connectivity index (χ0) is 20.9. The molecule has 4 nitrogen and oxygen atoms in total. The van der Waals surface area contributed by atoms with E-state index in [0.29, 0.717) is 29.0 Å². The molecule has 0 aliphatic heterocycles. The van der Waals surface area contributed by atoms with Gasteiger partial charge in [-0.05, 0) is 53.9 Å². The summed E-state index contributed by atoms with van der Waals surface area (Å²) in [4.78, 5) is 13.2. The Bertz CT molecular complexity index is 1130. The van der Waals surface area contributed by atoms with Crippen LogP contribution in [-0.2, 0) is 6.42 Å². The molecule has 150 valence electrons. The van der Waals surface area contributed by atoms with Gasteiger partial charge in [0.2, 0.25) is 5.95 Å². The van der Waals surface area contributed by atoms with E-state index in [4.69, 9.17) is 28.2 Å². The summed E-state index contributed by atoms with van der Waals surface area (Å²) in [5.74, 6) is 0.192. The Labute approximate surface area is 183 Å². The lowest BCUT2D eigenvalue weighted by atomic mass is 10.0. The molecule has 4 aromatic rings. The number of rotatable bonds is 6. The summed E-state index contributed by atoms with van der Waals surface area (Å²) < 4.78 is 13.4. The monoisotopic (exact) mass is 438 g/mol. The van der Waals surface area contributed by atoms with E-state index in [1.54, 1.807) is 30.7 Å². The molecule has 0 unspecified atom stereocenters. The third-order valence-electron chi connectivity index (χ3n) is 4.62. The van der Waals surface area contributed by atoms with Gasteiger partial charge < -0.3 is 5.32 Å². The topological polar surface area (TPSA) is 50.7 Å². The van der Waals surface area contributed by atoms with Crippen molar-refractivity contribution in [2.45, 2.75) is 6.42 Å². The molecule has 0 atom stereocenters. The van der Waals surface area contributed by atoms with E-state index in [1.807, 2.05) is 30.3 Å². The van der Waals surface area contributed by atoms with Crippen LogP contribution in [0.3, 0.4) is 0 Å². The molecule has 0 bridgehead atoms. The van der Waals surface area contributed by atoms with Crippen LogP contribution >= 0.6 is 23.2 Å². The van der Waals surface area contributed by atoms with Gasteiger partial charge in [0.1, 0.15) is 5.82 Å². The van der Waals surface area contributed by atoms with Crippen LogP contribution in [0.4, 0.5) is 10.3 Å². The van der Waals surface area contributed by atoms with Gasteiger partial charge in [-0.3, -0.25) is 4.98 Å². The summed E-state index contributed by atoms with van der Waals surface area (Å²) in [6, 6.07) is 15.5. The summed E-state index contributed by atoms with van der Waals surface area (Å²) in [5, 5.41) is 4.50. The smallest absolute Gasteiger partial charge is 0.223 e. The number of nitrogens with zero attached hydrogens (tertiary/aromatic N) is 3. The van der Waals surface area contributed by atoms with Gasteiger partial charge in [0.05, 0.1) is 5.69 Å². The predicted molar refractivity (Wildman–Crippen MR) is 119 cm³/mol. The molecule has 7 heteroatoms. The van der Waals surface area contributed by atoms with Gasteiger partial charge in [0.25, 0.3) is 0 Å². The van der Waals surface area contributed by atoms with Crippen LogP contribution < -0.4 is 5.32 Å². The molecule has 2 aromatic heterocycles. The fourth-order valence-corrected chi connectivity index (χ4v) is 3.69. The van der Waals surface area contributed by atoms with E-state index in [9.17, 15) is 4.39 Å². The van der Waals surface area contributed by atoms with Gasteiger partial charge in [-0.15, -0.1) is 0 Å². The molecular weight excluding hydrogens is 422 g/mol. The quantitative estimate of drug-likeness (QED) is 0.383. The van der Waals surface area contributed by atoms with E-state index < -0.39 is 0 Å². The van der Waals surface area contributed by atoms with Crippen LogP contribution in [0.1, 0.15) is 5.56 Å². The van der Waals surface area contributed by atoms with E-state index in [2.05, 4.69) is 15.3 Å². The number of benzene rings is 2. The first kappa shape index (κ1) is 20.3. The maximum absolute atomic E-state index is 13.4. The van der Waals surface area contributed by atoms with Gasteiger partial charge in [0.15, 0.2) is 0 Å². The summed E-state index contributed by atoms with van der Waals surface area (Å²) in [7, 11) is 0. The van der Waals surface area contributed by atoms with Crippen molar-refractivity contribution in [2.75, 3.05) is 11.9 Å². The van der Waals surface area contributed by atoms with Crippen LogP contribution in [0.25, 0.3) is 22.4 Å². The number of hydrogen-bond donors (Lipinski definition) is 1. The number of hydrogen-bond acceptors (Lipinski definition) is 4. The van der Waals surface area contributed by atoms with Crippen LogP contribution in [0.15, 0.2) is 73.2 Å². The van der Waals surface area contributed by atoms with Crippen molar-refractivity contribution < 1.29 is 4.39 Å². The Hall–Kier alpha value is -3.02. The van der Waals surface area contributed by atoms with Gasteiger partial charge in [-0.25, -0.2) is 14.4 Å². The Balaban J connectivity index is 1.61. The molecule has 0 saturated carbocycles. The van der Waals surface area contributed by atoms with Crippen molar-refractivity contribution in [3.05, 3.63) is 94.6 Å². The highest BCUT2D eigenvalue weighted by molar-refractivity contribution is 6.36. The number of pyridine rings is 1. The molecule has 30 heavy (non-hydrogen) atoms. The van der Waals surface area contributed by atoms with Crippen molar-refractivity contribution in [2.24, 2.45) is 0 Å².